The van der Waals surface area contributed by atoms with Gasteiger partial charge in [-0.25, -0.2) is 9.66 Å². The number of nitrogens with zero attached hydrogens (tertiary/aromatic N) is 2. The van der Waals surface area contributed by atoms with Crippen LogP contribution in [0.3, 0.4) is 0 Å². The smallest absolute Gasteiger partial charge is 0.281 e. The van der Waals surface area contributed by atoms with E-state index in [1.807, 2.05) is 31.2 Å². The standard InChI is InChI=1S/C19H19N3O2S2/c1-11-6-8-12(9-7-11)14(23)10-25-19-21-17-16(18(24)22(19)20)13-4-2-3-5-15(13)26-17/h6-9H,2-5,10,20H2,1H3. The van der Waals surface area contributed by atoms with Gasteiger partial charge < -0.3 is 5.84 Å². The fraction of sp³-hybridized carbons (Fsp3) is 0.316. The summed E-state index contributed by atoms with van der Waals surface area (Å²) < 4.78 is 1.09. The first-order chi connectivity index (χ1) is 12.5. The van der Waals surface area contributed by atoms with Gasteiger partial charge in [0.25, 0.3) is 5.56 Å². The molecule has 26 heavy (non-hydrogen) atoms. The molecule has 0 atom stereocenters. The highest BCUT2D eigenvalue weighted by atomic mass is 32.2. The molecule has 0 radical (unpaired) electrons. The summed E-state index contributed by atoms with van der Waals surface area (Å²) in [5.74, 6) is 6.19. The van der Waals surface area contributed by atoms with Crippen molar-refractivity contribution in [2.45, 2.75) is 37.8 Å². The molecule has 1 aliphatic rings. The van der Waals surface area contributed by atoms with Crippen molar-refractivity contribution < 1.29 is 4.79 Å². The van der Waals surface area contributed by atoms with Gasteiger partial charge in [-0.05, 0) is 38.2 Å². The van der Waals surface area contributed by atoms with E-state index in [4.69, 9.17) is 5.84 Å². The van der Waals surface area contributed by atoms with Gasteiger partial charge in [0.1, 0.15) is 4.83 Å². The van der Waals surface area contributed by atoms with Crippen molar-refractivity contribution >= 4 is 39.1 Å². The number of fused-ring (bicyclic) bond motifs is 3. The number of benzene rings is 1. The third-order valence-electron chi connectivity index (χ3n) is 4.69. The number of aryl methyl sites for hydroxylation is 3. The van der Waals surface area contributed by atoms with E-state index in [0.29, 0.717) is 16.1 Å². The summed E-state index contributed by atoms with van der Waals surface area (Å²) in [6.45, 7) is 1.98. The largest absolute Gasteiger partial charge is 0.334 e. The summed E-state index contributed by atoms with van der Waals surface area (Å²) in [4.78, 5) is 31.7. The molecule has 1 aliphatic carbocycles. The molecule has 0 bridgehead atoms. The van der Waals surface area contributed by atoms with Crippen LogP contribution in [0.5, 0.6) is 0 Å². The maximum atomic E-state index is 12.7. The highest BCUT2D eigenvalue weighted by Crippen LogP contribution is 2.34. The van der Waals surface area contributed by atoms with Crippen molar-refractivity contribution in [1.82, 2.24) is 9.66 Å². The first kappa shape index (κ1) is 17.3. The Balaban J connectivity index is 1.62. The third-order valence-corrected chi connectivity index (χ3v) is 6.83. The first-order valence-electron chi connectivity index (χ1n) is 8.59. The van der Waals surface area contributed by atoms with Crippen LogP contribution in [-0.2, 0) is 12.8 Å². The maximum Gasteiger partial charge on any atom is 0.281 e. The molecule has 0 fully saturated rings. The van der Waals surface area contributed by atoms with Crippen LogP contribution in [0.1, 0.15) is 39.2 Å². The summed E-state index contributed by atoms with van der Waals surface area (Å²) in [5.41, 5.74) is 2.68. The molecule has 3 aromatic rings. The van der Waals surface area contributed by atoms with E-state index < -0.39 is 0 Å². The van der Waals surface area contributed by atoms with Gasteiger partial charge in [-0.1, -0.05) is 41.6 Å². The Morgan fingerprint density at radius 2 is 2.00 bits per heavy atom. The van der Waals surface area contributed by atoms with Crippen LogP contribution in [0.2, 0.25) is 0 Å². The van der Waals surface area contributed by atoms with Crippen LogP contribution in [0, 0.1) is 6.92 Å². The van der Waals surface area contributed by atoms with Crippen LogP contribution in [0.25, 0.3) is 10.2 Å². The second-order valence-corrected chi connectivity index (χ2v) is 8.56. The minimum Gasteiger partial charge on any atom is -0.334 e. The third kappa shape index (κ3) is 3.05. The fourth-order valence-corrected chi connectivity index (χ4v) is 5.37. The number of Topliss-reactive ketones (excluding diaryl/α,β-unsaturated/α-hetero) is 1. The van der Waals surface area contributed by atoms with Gasteiger partial charge in [-0.15, -0.1) is 11.3 Å². The number of carbonyl (C=O) groups excluding carboxylic acids is 1. The van der Waals surface area contributed by atoms with Crippen molar-refractivity contribution in [2.24, 2.45) is 0 Å². The fourth-order valence-electron chi connectivity index (χ4n) is 3.25. The predicted octanol–water partition coefficient (Wildman–Crippen LogP) is 3.33. The number of aromatic nitrogens is 2. The topological polar surface area (TPSA) is 78.0 Å². The number of rotatable bonds is 4. The van der Waals surface area contributed by atoms with Crippen LogP contribution >= 0.6 is 23.1 Å². The van der Waals surface area contributed by atoms with Gasteiger partial charge in [0.2, 0.25) is 0 Å². The lowest BCUT2D eigenvalue weighted by Crippen LogP contribution is -2.30. The van der Waals surface area contributed by atoms with E-state index >= 15 is 0 Å². The zero-order valence-corrected chi connectivity index (χ0v) is 16.1. The molecule has 0 saturated carbocycles. The summed E-state index contributed by atoms with van der Waals surface area (Å²) in [5, 5.41) is 1.06. The number of ketones is 1. The minimum atomic E-state index is -0.209. The lowest BCUT2D eigenvalue weighted by Gasteiger charge is -2.10. The molecule has 2 aromatic heterocycles. The Morgan fingerprint density at radius 3 is 2.77 bits per heavy atom. The van der Waals surface area contributed by atoms with Crippen molar-refractivity contribution in [3.05, 3.63) is 56.2 Å². The van der Waals surface area contributed by atoms with Gasteiger partial charge in [0.15, 0.2) is 10.9 Å². The van der Waals surface area contributed by atoms with E-state index in [1.165, 1.54) is 16.6 Å². The molecular weight excluding hydrogens is 366 g/mol. The predicted molar refractivity (Wildman–Crippen MR) is 107 cm³/mol. The second-order valence-electron chi connectivity index (χ2n) is 6.54. The van der Waals surface area contributed by atoms with Gasteiger partial charge in [-0.2, -0.15) is 0 Å². The van der Waals surface area contributed by atoms with Crippen LogP contribution < -0.4 is 11.4 Å². The zero-order chi connectivity index (χ0) is 18.3. The van der Waals surface area contributed by atoms with Gasteiger partial charge in [-0.3, -0.25) is 9.59 Å². The molecule has 0 aliphatic heterocycles. The molecule has 0 amide bonds. The lowest BCUT2D eigenvalue weighted by molar-refractivity contribution is 0.102. The molecular formula is C19H19N3O2S2. The number of hydrogen-bond acceptors (Lipinski definition) is 6. The van der Waals surface area contributed by atoms with E-state index in [2.05, 4.69) is 4.98 Å². The van der Waals surface area contributed by atoms with Crippen molar-refractivity contribution in [2.75, 3.05) is 11.6 Å². The Labute approximate surface area is 159 Å². The first-order valence-corrected chi connectivity index (χ1v) is 10.4. The molecule has 7 heteroatoms. The van der Waals surface area contributed by atoms with E-state index in [9.17, 15) is 9.59 Å². The highest BCUT2D eigenvalue weighted by molar-refractivity contribution is 7.99. The molecule has 5 nitrogen and oxygen atoms in total. The number of thiophene rings is 1. The van der Waals surface area contributed by atoms with E-state index in [0.717, 1.165) is 46.3 Å². The quantitative estimate of drug-likeness (QED) is 0.323. The molecule has 0 unspecified atom stereocenters. The summed E-state index contributed by atoms with van der Waals surface area (Å²) in [7, 11) is 0. The average Bonchev–Trinajstić information content (AvgIpc) is 3.02. The Kier molecular flexibility index (Phi) is 4.58. The number of nitrogens with two attached hydrogens (primary N) is 1. The SMILES string of the molecule is Cc1ccc(C(=O)CSc2nc3sc4c(c3c(=O)n2N)CCCC4)cc1. The lowest BCUT2D eigenvalue weighted by atomic mass is 9.97. The summed E-state index contributed by atoms with van der Waals surface area (Å²) in [6.07, 6.45) is 4.19. The van der Waals surface area contributed by atoms with Crippen molar-refractivity contribution in [3.63, 3.8) is 0 Å². The Morgan fingerprint density at radius 1 is 1.27 bits per heavy atom. The van der Waals surface area contributed by atoms with Crippen LogP contribution in [-0.4, -0.2) is 21.2 Å². The van der Waals surface area contributed by atoms with Crippen molar-refractivity contribution in [3.8, 4) is 0 Å². The molecule has 2 heterocycles. The van der Waals surface area contributed by atoms with Gasteiger partial charge in [0, 0.05) is 10.4 Å². The van der Waals surface area contributed by atoms with Crippen LogP contribution in [0.15, 0.2) is 34.2 Å². The number of thioether (sulfide) groups is 1. The molecule has 134 valence electrons. The average molecular weight is 386 g/mol. The number of carbonyl (C=O) groups is 1. The van der Waals surface area contributed by atoms with Gasteiger partial charge in [0.05, 0.1) is 11.1 Å². The van der Waals surface area contributed by atoms with E-state index in [1.54, 1.807) is 11.3 Å². The van der Waals surface area contributed by atoms with Gasteiger partial charge >= 0.3 is 0 Å². The molecule has 4 rings (SSSR count). The molecule has 0 spiro atoms. The minimum absolute atomic E-state index is 0.00480. The monoisotopic (exact) mass is 385 g/mol. The molecule has 2 N–H and O–H groups in total. The van der Waals surface area contributed by atoms with Crippen molar-refractivity contribution in [1.29, 1.82) is 0 Å². The Hall–Kier alpha value is -2.12. The maximum absolute atomic E-state index is 12.7. The number of hydrogen-bond donors (Lipinski definition) is 1. The Bertz CT molecular complexity index is 1050. The zero-order valence-electron chi connectivity index (χ0n) is 14.4. The second kappa shape index (κ2) is 6.89. The molecule has 0 saturated heterocycles. The van der Waals surface area contributed by atoms with E-state index in [-0.39, 0.29) is 17.1 Å². The summed E-state index contributed by atoms with van der Waals surface area (Å²) >= 11 is 2.80. The highest BCUT2D eigenvalue weighted by Gasteiger charge is 2.22. The summed E-state index contributed by atoms with van der Waals surface area (Å²) in [6, 6.07) is 7.46. The number of nitrogen functional groups attached to an aromatic ring is 1. The van der Waals surface area contributed by atoms with Crippen LogP contribution in [0.4, 0.5) is 0 Å². The molecule has 1 aromatic carbocycles. The normalized spacial score (nSPS) is 13.7.